The monoisotopic (exact) mass is 534 g/mol. The fourth-order valence-electron chi connectivity index (χ4n) is 8.91. The van der Waals surface area contributed by atoms with Crippen LogP contribution >= 0.6 is 15.8 Å². The predicted molar refractivity (Wildman–Crippen MR) is 168 cm³/mol. The first-order valence-corrected chi connectivity index (χ1v) is 19.8. The van der Waals surface area contributed by atoms with Crippen LogP contribution in [0.5, 0.6) is 0 Å². The molecule has 4 aliphatic rings. The summed E-state index contributed by atoms with van der Waals surface area (Å²) >= 11 is 0. The largest absolute Gasteiger partial charge is 0.0971 e. The smallest absolute Gasteiger partial charge is 0.0134 e. The first-order chi connectivity index (χ1) is 17.1. The summed E-state index contributed by atoms with van der Waals surface area (Å²) < 4.78 is 0. The van der Waals surface area contributed by atoms with Gasteiger partial charge in [-0.3, -0.25) is 0 Å². The van der Waals surface area contributed by atoms with Gasteiger partial charge in [-0.05, 0) is 70.5 Å². The Balaban J connectivity index is 1.69. The lowest BCUT2D eigenvalue weighted by atomic mass is 9.94. The van der Waals surface area contributed by atoms with Gasteiger partial charge in [-0.1, -0.05) is 160 Å². The molecule has 4 rings (SSSR count). The van der Waals surface area contributed by atoms with Crippen LogP contribution in [-0.2, 0) is 0 Å². The molecule has 36 heavy (non-hydrogen) atoms. The molecule has 0 bridgehead atoms. The molecule has 0 N–H and O–H groups in total. The second-order valence-electron chi connectivity index (χ2n) is 15.9. The van der Waals surface area contributed by atoms with Crippen molar-refractivity contribution >= 4 is 15.8 Å². The van der Waals surface area contributed by atoms with E-state index in [0.717, 1.165) is 35.0 Å². The van der Waals surface area contributed by atoms with E-state index in [1.165, 1.54) is 51.4 Å². The third kappa shape index (κ3) is 8.43. The highest BCUT2D eigenvalue weighted by molar-refractivity contribution is 7.64. The summed E-state index contributed by atoms with van der Waals surface area (Å²) in [6.07, 6.45) is 31.1. The minimum Gasteiger partial charge on any atom is -0.0971 e. The van der Waals surface area contributed by atoms with Gasteiger partial charge < -0.3 is 0 Å². The van der Waals surface area contributed by atoms with E-state index in [1.807, 2.05) is 0 Å². The standard InChI is InChI=1S/C34H64P2/c1-33(2,3)35(25-29-19-11-12-20-29)31(23-27-15-7-8-16-27)32(24-28-17-9-10-18-28)36(34(4,5)6)26-30-21-13-14-22-30/h27-32H,7-26H2,1-6H3/t31-,32-,35+,36+/m1/s1. The minimum absolute atomic E-state index is 0.0668. The lowest BCUT2D eigenvalue weighted by Crippen LogP contribution is -2.38. The maximum atomic E-state index is 2.68. The van der Waals surface area contributed by atoms with E-state index < -0.39 is 0 Å². The molecule has 0 aromatic carbocycles. The molecule has 0 aromatic rings. The average molecular weight is 535 g/mol. The second kappa shape index (κ2) is 13.5. The molecule has 0 nitrogen and oxygen atoms in total. The van der Waals surface area contributed by atoms with Gasteiger partial charge in [-0.25, -0.2) is 0 Å². The van der Waals surface area contributed by atoms with Gasteiger partial charge in [0.15, 0.2) is 0 Å². The van der Waals surface area contributed by atoms with Gasteiger partial charge >= 0.3 is 0 Å². The molecule has 4 saturated carbocycles. The normalized spacial score (nSPS) is 27.2. The molecule has 0 spiro atoms. The number of hydrogen-bond acceptors (Lipinski definition) is 0. The van der Waals surface area contributed by atoms with Crippen LogP contribution in [0.15, 0.2) is 0 Å². The summed E-state index contributed by atoms with van der Waals surface area (Å²) in [5.41, 5.74) is 2.10. The van der Waals surface area contributed by atoms with Crippen LogP contribution < -0.4 is 0 Å². The summed E-state index contributed by atoms with van der Waals surface area (Å²) in [6.45, 7) is 16.1. The Morgan fingerprint density at radius 3 is 0.944 bits per heavy atom. The Kier molecular flexibility index (Phi) is 11.2. The topological polar surface area (TPSA) is 0 Å². The molecule has 0 saturated heterocycles. The zero-order valence-corrected chi connectivity index (χ0v) is 27.3. The second-order valence-corrected chi connectivity index (χ2v) is 22.5. The molecular weight excluding hydrogens is 470 g/mol. The fraction of sp³-hybridized carbons (Fsp3) is 1.00. The Morgan fingerprint density at radius 1 is 0.444 bits per heavy atom. The summed E-state index contributed by atoms with van der Waals surface area (Å²) in [7, 11) is 0.134. The maximum absolute atomic E-state index is 2.68. The highest BCUT2D eigenvalue weighted by Crippen LogP contribution is 2.68. The van der Waals surface area contributed by atoms with Gasteiger partial charge in [0.2, 0.25) is 0 Å². The average Bonchev–Trinajstić information content (AvgIpc) is 3.61. The van der Waals surface area contributed by atoms with E-state index in [-0.39, 0.29) is 15.8 Å². The summed E-state index contributed by atoms with van der Waals surface area (Å²) in [5.74, 6) is 4.23. The summed E-state index contributed by atoms with van der Waals surface area (Å²) in [4.78, 5) is 0. The highest BCUT2D eigenvalue weighted by Gasteiger charge is 2.45. The van der Waals surface area contributed by atoms with Crippen molar-refractivity contribution < 1.29 is 0 Å². The fourth-order valence-corrected chi connectivity index (χ4v) is 17.5. The Hall–Kier alpha value is 0.860. The Morgan fingerprint density at radius 2 is 0.694 bits per heavy atom. The van der Waals surface area contributed by atoms with Gasteiger partial charge in [0.1, 0.15) is 0 Å². The molecule has 210 valence electrons. The number of rotatable bonds is 11. The lowest BCUT2D eigenvalue weighted by molar-refractivity contribution is 0.426. The minimum atomic E-state index is 0.0668. The maximum Gasteiger partial charge on any atom is -0.0134 e. The molecule has 0 aromatic heterocycles. The molecule has 0 radical (unpaired) electrons. The van der Waals surface area contributed by atoms with Crippen LogP contribution in [0.25, 0.3) is 0 Å². The Bertz CT molecular complexity index is 563. The SMILES string of the molecule is CC(C)(C)[P@@](CC1CCCC1)[C@H](CC1CCCC1)[C@@H](CC1CCCC1)[P@](CC1CCCC1)C(C)(C)C. The van der Waals surface area contributed by atoms with Crippen LogP contribution in [0, 0.1) is 23.7 Å². The van der Waals surface area contributed by atoms with Crippen LogP contribution in [0.2, 0.25) is 0 Å². The van der Waals surface area contributed by atoms with E-state index >= 15 is 0 Å². The van der Waals surface area contributed by atoms with Crippen molar-refractivity contribution in [3.05, 3.63) is 0 Å². The molecule has 0 amide bonds. The van der Waals surface area contributed by atoms with E-state index in [2.05, 4.69) is 41.5 Å². The van der Waals surface area contributed by atoms with Crippen molar-refractivity contribution in [3.8, 4) is 0 Å². The molecular formula is C34H64P2. The van der Waals surface area contributed by atoms with E-state index in [1.54, 1.807) is 76.5 Å². The molecule has 4 atom stereocenters. The van der Waals surface area contributed by atoms with Crippen LogP contribution in [0.3, 0.4) is 0 Å². The van der Waals surface area contributed by atoms with Gasteiger partial charge in [-0.15, -0.1) is 0 Å². The lowest BCUT2D eigenvalue weighted by Gasteiger charge is -2.50. The molecule has 0 aliphatic heterocycles. The zero-order valence-electron chi connectivity index (χ0n) is 25.5. The van der Waals surface area contributed by atoms with Crippen molar-refractivity contribution in [3.63, 3.8) is 0 Å². The van der Waals surface area contributed by atoms with Gasteiger partial charge in [0, 0.05) is 0 Å². The zero-order chi connectivity index (χ0) is 25.8. The first-order valence-electron chi connectivity index (χ1n) is 16.6. The molecule has 0 unspecified atom stereocenters. The van der Waals surface area contributed by atoms with Crippen LogP contribution in [-0.4, -0.2) is 34.0 Å². The van der Waals surface area contributed by atoms with Crippen molar-refractivity contribution in [1.82, 2.24) is 0 Å². The van der Waals surface area contributed by atoms with Crippen molar-refractivity contribution in [2.45, 2.75) is 179 Å². The van der Waals surface area contributed by atoms with E-state index in [0.29, 0.717) is 10.3 Å². The number of hydrogen-bond donors (Lipinski definition) is 0. The molecule has 4 fully saturated rings. The molecule has 4 aliphatic carbocycles. The Labute approximate surface area is 230 Å². The third-order valence-electron chi connectivity index (χ3n) is 10.9. The molecule has 0 heterocycles. The first kappa shape index (κ1) is 29.8. The van der Waals surface area contributed by atoms with Crippen molar-refractivity contribution in [2.75, 3.05) is 12.3 Å². The van der Waals surface area contributed by atoms with E-state index in [4.69, 9.17) is 0 Å². The van der Waals surface area contributed by atoms with E-state index in [9.17, 15) is 0 Å². The van der Waals surface area contributed by atoms with Gasteiger partial charge in [0.05, 0.1) is 0 Å². The van der Waals surface area contributed by atoms with Crippen molar-refractivity contribution in [1.29, 1.82) is 0 Å². The van der Waals surface area contributed by atoms with Crippen molar-refractivity contribution in [2.24, 2.45) is 23.7 Å². The van der Waals surface area contributed by atoms with Gasteiger partial charge in [0.25, 0.3) is 0 Å². The van der Waals surface area contributed by atoms with Gasteiger partial charge in [-0.2, -0.15) is 0 Å². The third-order valence-corrected chi connectivity index (χ3v) is 19.2. The molecule has 2 heteroatoms. The van der Waals surface area contributed by atoms with Crippen LogP contribution in [0.4, 0.5) is 0 Å². The van der Waals surface area contributed by atoms with Crippen LogP contribution in [0.1, 0.15) is 157 Å². The summed E-state index contributed by atoms with van der Waals surface area (Å²) in [5, 5.41) is 1.03. The summed E-state index contributed by atoms with van der Waals surface area (Å²) in [6, 6.07) is 0. The quantitative estimate of drug-likeness (QED) is 0.231. The predicted octanol–water partition coefficient (Wildman–Crippen LogP) is 11.8. The highest BCUT2D eigenvalue weighted by atomic mass is 31.1.